The molecule has 0 fully saturated rings. The van der Waals surface area contributed by atoms with Crippen LogP contribution in [0.1, 0.15) is 52.4 Å². The van der Waals surface area contributed by atoms with Crippen molar-refractivity contribution >= 4 is 8.56 Å². The van der Waals surface area contributed by atoms with E-state index in [1.54, 1.807) is 0 Å². The Morgan fingerprint density at radius 1 is 0.875 bits per heavy atom. The second-order valence-electron chi connectivity index (χ2n) is 4.60. The average molecular weight is 247 g/mol. The third-order valence-corrected chi connectivity index (χ3v) is 5.16. The Hall–Kier alpha value is 0.0969. The standard InChI is InChI=1S/C12H29NO2Si/c1-3-5-6-7-8-9-10-13-11-12-16(14,15)4-2/h13-15H,3-12H2,1-2H3. The van der Waals surface area contributed by atoms with Gasteiger partial charge in [0.15, 0.2) is 0 Å². The van der Waals surface area contributed by atoms with E-state index in [1.807, 2.05) is 6.92 Å². The van der Waals surface area contributed by atoms with Gasteiger partial charge < -0.3 is 14.9 Å². The van der Waals surface area contributed by atoms with Gasteiger partial charge in [0, 0.05) is 6.04 Å². The minimum Gasteiger partial charge on any atom is -0.411 e. The van der Waals surface area contributed by atoms with Crippen molar-refractivity contribution in [3.8, 4) is 0 Å². The molecule has 0 radical (unpaired) electrons. The van der Waals surface area contributed by atoms with Gasteiger partial charge in [-0.15, -0.1) is 0 Å². The van der Waals surface area contributed by atoms with Gasteiger partial charge in [0.1, 0.15) is 0 Å². The summed E-state index contributed by atoms with van der Waals surface area (Å²) in [7, 11) is -2.83. The van der Waals surface area contributed by atoms with E-state index in [4.69, 9.17) is 0 Å². The van der Waals surface area contributed by atoms with Crippen LogP contribution in [0.5, 0.6) is 0 Å². The lowest BCUT2D eigenvalue weighted by Gasteiger charge is -2.15. The van der Waals surface area contributed by atoms with Crippen LogP contribution in [0.2, 0.25) is 12.1 Å². The molecule has 3 N–H and O–H groups in total. The molecule has 3 nitrogen and oxygen atoms in total. The maximum absolute atomic E-state index is 9.48. The second kappa shape index (κ2) is 10.3. The molecule has 0 aromatic heterocycles. The largest absolute Gasteiger partial charge is 0.411 e. The van der Waals surface area contributed by atoms with Crippen LogP contribution < -0.4 is 5.32 Å². The zero-order valence-corrected chi connectivity index (χ0v) is 12.0. The fraction of sp³-hybridized carbons (Fsp3) is 1.00. The van der Waals surface area contributed by atoms with E-state index < -0.39 is 8.56 Å². The Kier molecular flexibility index (Phi) is 10.3. The number of hydrogen-bond donors (Lipinski definition) is 3. The summed E-state index contributed by atoms with van der Waals surface area (Å²) in [6.07, 6.45) is 7.85. The predicted molar refractivity (Wildman–Crippen MR) is 71.7 cm³/mol. The summed E-state index contributed by atoms with van der Waals surface area (Å²) < 4.78 is 0. The van der Waals surface area contributed by atoms with Gasteiger partial charge in [0.2, 0.25) is 0 Å². The number of rotatable bonds is 11. The molecule has 0 aliphatic heterocycles. The second-order valence-corrected chi connectivity index (χ2v) is 7.78. The van der Waals surface area contributed by atoms with Crippen molar-refractivity contribution < 1.29 is 9.59 Å². The number of unbranched alkanes of at least 4 members (excludes halogenated alkanes) is 5. The first-order valence-electron chi connectivity index (χ1n) is 6.78. The molecule has 0 aliphatic carbocycles. The highest BCUT2D eigenvalue weighted by Crippen LogP contribution is 2.06. The van der Waals surface area contributed by atoms with Gasteiger partial charge in [0.05, 0.1) is 0 Å². The predicted octanol–water partition coefficient (Wildman–Crippen LogP) is 2.38. The van der Waals surface area contributed by atoms with Crippen molar-refractivity contribution in [2.45, 2.75) is 64.5 Å². The molecular weight excluding hydrogens is 218 g/mol. The molecule has 0 unspecified atom stereocenters. The zero-order chi connectivity index (χ0) is 12.3. The van der Waals surface area contributed by atoms with Crippen LogP contribution in [0.15, 0.2) is 0 Å². The van der Waals surface area contributed by atoms with Gasteiger partial charge in [-0.2, -0.15) is 0 Å². The molecule has 0 saturated carbocycles. The molecule has 4 heteroatoms. The lowest BCUT2D eigenvalue weighted by molar-refractivity contribution is 0.358. The Balaban J connectivity index is 3.10. The average Bonchev–Trinajstić information content (AvgIpc) is 2.27. The molecule has 16 heavy (non-hydrogen) atoms. The highest BCUT2D eigenvalue weighted by molar-refractivity contribution is 6.64. The monoisotopic (exact) mass is 247 g/mol. The minimum absolute atomic E-state index is 0.533. The van der Waals surface area contributed by atoms with Gasteiger partial charge in [-0.25, -0.2) is 0 Å². The third-order valence-electron chi connectivity index (χ3n) is 2.98. The van der Waals surface area contributed by atoms with E-state index in [2.05, 4.69) is 12.2 Å². The Labute approximate surface area is 102 Å². The van der Waals surface area contributed by atoms with Crippen molar-refractivity contribution in [1.82, 2.24) is 5.32 Å². The van der Waals surface area contributed by atoms with Crippen molar-refractivity contribution in [1.29, 1.82) is 0 Å². The first-order chi connectivity index (χ1) is 7.62. The summed E-state index contributed by atoms with van der Waals surface area (Å²) in [5.74, 6) is 0. The Bertz CT molecular complexity index is 154. The summed E-state index contributed by atoms with van der Waals surface area (Å²) in [6.45, 7) is 5.84. The molecule has 98 valence electrons. The van der Waals surface area contributed by atoms with Gasteiger partial charge in [-0.1, -0.05) is 46.0 Å². The van der Waals surface area contributed by atoms with Crippen LogP contribution in [0.4, 0.5) is 0 Å². The van der Waals surface area contributed by atoms with Gasteiger partial charge in [-0.3, -0.25) is 0 Å². The number of hydrogen-bond acceptors (Lipinski definition) is 3. The van der Waals surface area contributed by atoms with Gasteiger partial charge >= 0.3 is 8.56 Å². The molecule has 0 aliphatic rings. The highest BCUT2D eigenvalue weighted by Gasteiger charge is 2.24. The van der Waals surface area contributed by atoms with Crippen LogP contribution in [-0.4, -0.2) is 31.2 Å². The minimum atomic E-state index is -2.83. The van der Waals surface area contributed by atoms with Crippen molar-refractivity contribution in [3.05, 3.63) is 0 Å². The molecule has 0 aromatic rings. The quantitative estimate of drug-likeness (QED) is 0.388. The first-order valence-corrected chi connectivity index (χ1v) is 9.08. The van der Waals surface area contributed by atoms with Crippen LogP contribution in [0.3, 0.4) is 0 Å². The zero-order valence-electron chi connectivity index (χ0n) is 11.0. The van der Waals surface area contributed by atoms with Crippen molar-refractivity contribution in [3.63, 3.8) is 0 Å². The van der Waals surface area contributed by atoms with Crippen LogP contribution in [0.25, 0.3) is 0 Å². The van der Waals surface area contributed by atoms with Crippen LogP contribution in [0, 0.1) is 0 Å². The molecule has 0 rings (SSSR count). The van der Waals surface area contributed by atoms with Crippen LogP contribution in [-0.2, 0) is 0 Å². The summed E-state index contributed by atoms with van der Waals surface area (Å²) >= 11 is 0. The summed E-state index contributed by atoms with van der Waals surface area (Å²) in [6, 6.07) is 1.09. The summed E-state index contributed by atoms with van der Waals surface area (Å²) in [5.41, 5.74) is 0. The molecule has 0 aromatic carbocycles. The van der Waals surface area contributed by atoms with E-state index in [9.17, 15) is 9.59 Å². The number of nitrogens with one attached hydrogen (secondary N) is 1. The molecule has 0 amide bonds. The normalized spacial score (nSPS) is 12.0. The molecule has 0 heterocycles. The molecule has 0 atom stereocenters. The van der Waals surface area contributed by atoms with Gasteiger partial charge in [0.25, 0.3) is 0 Å². The summed E-state index contributed by atoms with van der Waals surface area (Å²) in [5, 5.41) is 3.28. The first kappa shape index (κ1) is 16.1. The van der Waals surface area contributed by atoms with E-state index in [0.29, 0.717) is 12.1 Å². The fourth-order valence-corrected chi connectivity index (χ4v) is 2.55. The van der Waals surface area contributed by atoms with Gasteiger partial charge in [-0.05, 0) is 25.6 Å². The van der Waals surface area contributed by atoms with E-state index >= 15 is 0 Å². The topological polar surface area (TPSA) is 52.5 Å². The van der Waals surface area contributed by atoms with E-state index in [1.165, 1.54) is 38.5 Å². The Morgan fingerprint density at radius 3 is 2.12 bits per heavy atom. The molecular formula is C12H29NO2Si. The smallest absolute Gasteiger partial charge is 0.333 e. The van der Waals surface area contributed by atoms with E-state index in [0.717, 1.165) is 13.1 Å². The highest BCUT2D eigenvalue weighted by atomic mass is 28.4. The molecule has 0 spiro atoms. The molecule has 0 saturated heterocycles. The SMILES string of the molecule is CCCCCCCCNCC[Si](O)(O)CC. The fourth-order valence-electron chi connectivity index (χ4n) is 1.62. The van der Waals surface area contributed by atoms with Crippen molar-refractivity contribution in [2.24, 2.45) is 0 Å². The van der Waals surface area contributed by atoms with E-state index in [-0.39, 0.29) is 0 Å². The van der Waals surface area contributed by atoms with Crippen molar-refractivity contribution in [2.75, 3.05) is 13.1 Å². The Morgan fingerprint density at radius 2 is 1.50 bits per heavy atom. The maximum atomic E-state index is 9.48. The lowest BCUT2D eigenvalue weighted by atomic mass is 10.1. The summed E-state index contributed by atoms with van der Waals surface area (Å²) in [4.78, 5) is 19.0. The third kappa shape index (κ3) is 10.6. The molecule has 0 bridgehead atoms. The lowest BCUT2D eigenvalue weighted by Crippen LogP contribution is -2.37. The van der Waals surface area contributed by atoms with Crippen LogP contribution >= 0.6 is 0 Å². The maximum Gasteiger partial charge on any atom is 0.333 e.